The fourth-order valence-electron chi connectivity index (χ4n) is 3.08. The summed E-state index contributed by atoms with van der Waals surface area (Å²) in [7, 11) is -3.46. The Hall–Kier alpha value is -3.16. The van der Waals surface area contributed by atoms with Crippen LogP contribution in [-0.4, -0.2) is 20.4 Å². The molecule has 0 saturated carbocycles. The number of benzene rings is 3. The first-order chi connectivity index (χ1) is 14.8. The maximum Gasteiger partial charge on any atom is 0.251 e. The van der Waals surface area contributed by atoms with Crippen LogP contribution in [0, 0.1) is 0 Å². The van der Waals surface area contributed by atoms with Gasteiger partial charge in [0.1, 0.15) is 11.5 Å². The minimum Gasteiger partial charge on any atom is -0.457 e. The van der Waals surface area contributed by atoms with Gasteiger partial charge in [-0.3, -0.25) is 4.79 Å². The molecular weight excluding hydrogens is 412 g/mol. The Labute approximate surface area is 183 Å². The van der Waals surface area contributed by atoms with Gasteiger partial charge in [0, 0.05) is 18.2 Å². The predicted octanol–water partition coefficient (Wildman–Crippen LogP) is 4.24. The molecule has 0 aliphatic heterocycles. The van der Waals surface area contributed by atoms with E-state index in [1.54, 1.807) is 50.2 Å². The van der Waals surface area contributed by atoms with Crippen molar-refractivity contribution in [1.29, 1.82) is 0 Å². The standard InChI is InChI=1S/C24H26N2O4S/c1-18(2)26-31(28,29)17-21-10-7-6-9-20(21)16-25-24(27)19-11-8-14-23(15-19)30-22-12-4-3-5-13-22/h3-15,18,26H,16-17H2,1-2H3,(H,25,27). The smallest absolute Gasteiger partial charge is 0.251 e. The number of nitrogens with one attached hydrogen (secondary N) is 2. The molecule has 0 unspecified atom stereocenters. The monoisotopic (exact) mass is 438 g/mol. The molecule has 0 aromatic heterocycles. The van der Waals surface area contributed by atoms with Gasteiger partial charge in [-0.25, -0.2) is 13.1 Å². The van der Waals surface area contributed by atoms with Crippen LogP contribution < -0.4 is 14.8 Å². The fraction of sp³-hybridized carbons (Fsp3) is 0.208. The Bertz CT molecular complexity index is 1130. The van der Waals surface area contributed by atoms with Crippen molar-refractivity contribution in [3.63, 3.8) is 0 Å². The SMILES string of the molecule is CC(C)NS(=O)(=O)Cc1ccccc1CNC(=O)c1cccc(Oc2ccccc2)c1. The summed E-state index contributed by atoms with van der Waals surface area (Å²) < 4.78 is 33.0. The highest BCUT2D eigenvalue weighted by atomic mass is 32.2. The molecule has 162 valence electrons. The highest BCUT2D eigenvalue weighted by Gasteiger charge is 2.16. The molecule has 0 fully saturated rings. The van der Waals surface area contributed by atoms with E-state index < -0.39 is 10.0 Å². The van der Waals surface area contributed by atoms with E-state index in [9.17, 15) is 13.2 Å². The summed E-state index contributed by atoms with van der Waals surface area (Å²) in [5.74, 6) is 0.837. The first-order valence-corrected chi connectivity index (χ1v) is 11.7. The molecule has 0 heterocycles. The molecule has 0 saturated heterocycles. The summed E-state index contributed by atoms with van der Waals surface area (Å²) in [6, 6.07) is 23.2. The molecule has 0 aliphatic carbocycles. The fourth-order valence-corrected chi connectivity index (χ4v) is 4.57. The topological polar surface area (TPSA) is 84.5 Å². The van der Waals surface area contributed by atoms with Gasteiger partial charge in [-0.15, -0.1) is 0 Å². The molecule has 3 rings (SSSR count). The average Bonchev–Trinajstić information content (AvgIpc) is 2.72. The maximum absolute atomic E-state index is 12.7. The molecule has 3 aromatic carbocycles. The summed E-state index contributed by atoms with van der Waals surface area (Å²) in [5, 5.41) is 2.86. The molecule has 0 spiro atoms. The van der Waals surface area contributed by atoms with E-state index in [-0.39, 0.29) is 24.2 Å². The van der Waals surface area contributed by atoms with Crippen LogP contribution in [0.4, 0.5) is 0 Å². The van der Waals surface area contributed by atoms with Crippen molar-refractivity contribution >= 4 is 15.9 Å². The second-order valence-electron chi connectivity index (χ2n) is 7.43. The Morgan fingerprint density at radius 2 is 1.52 bits per heavy atom. The zero-order valence-corrected chi connectivity index (χ0v) is 18.4. The number of ether oxygens (including phenoxy) is 1. The van der Waals surface area contributed by atoms with Crippen LogP contribution in [0.1, 0.15) is 35.3 Å². The largest absolute Gasteiger partial charge is 0.457 e. The van der Waals surface area contributed by atoms with Gasteiger partial charge < -0.3 is 10.1 Å². The quantitative estimate of drug-likeness (QED) is 0.523. The third-order valence-electron chi connectivity index (χ3n) is 4.39. The lowest BCUT2D eigenvalue weighted by Gasteiger charge is -2.13. The van der Waals surface area contributed by atoms with Crippen LogP contribution in [0.25, 0.3) is 0 Å². The van der Waals surface area contributed by atoms with Gasteiger partial charge in [0.2, 0.25) is 10.0 Å². The second kappa shape index (κ2) is 10.2. The predicted molar refractivity (Wildman–Crippen MR) is 121 cm³/mol. The number of amides is 1. The third kappa shape index (κ3) is 6.94. The Balaban J connectivity index is 1.67. The zero-order chi connectivity index (χ0) is 22.3. The number of hydrogen-bond donors (Lipinski definition) is 2. The summed E-state index contributed by atoms with van der Waals surface area (Å²) in [5.41, 5.74) is 1.86. The highest BCUT2D eigenvalue weighted by molar-refractivity contribution is 7.88. The average molecular weight is 439 g/mol. The Kier molecular flexibility index (Phi) is 7.44. The molecule has 0 atom stereocenters. The highest BCUT2D eigenvalue weighted by Crippen LogP contribution is 2.22. The molecule has 2 N–H and O–H groups in total. The first-order valence-electron chi connectivity index (χ1n) is 10.0. The van der Waals surface area contributed by atoms with Gasteiger partial charge in [0.15, 0.2) is 0 Å². The summed E-state index contributed by atoms with van der Waals surface area (Å²) in [6.45, 7) is 3.77. The maximum atomic E-state index is 12.7. The number of rotatable bonds is 9. The lowest BCUT2D eigenvalue weighted by Crippen LogP contribution is -2.31. The lowest BCUT2D eigenvalue weighted by molar-refractivity contribution is 0.0950. The van der Waals surface area contributed by atoms with E-state index in [4.69, 9.17) is 4.74 Å². The van der Waals surface area contributed by atoms with E-state index in [1.165, 1.54) is 0 Å². The molecular formula is C24H26N2O4S. The van der Waals surface area contributed by atoms with Crippen LogP contribution in [0.2, 0.25) is 0 Å². The van der Waals surface area contributed by atoms with E-state index in [1.807, 2.05) is 42.5 Å². The van der Waals surface area contributed by atoms with Crippen LogP contribution in [0.5, 0.6) is 11.5 Å². The first kappa shape index (κ1) is 22.5. The summed E-state index contributed by atoms with van der Waals surface area (Å²) in [4.78, 5) is 12.7. The number of carbonyl (C=O) groups is 1. The van der Waals surface area contributed by atoms with Gasteiger partial charge >= 0.3 is 0 Å². The number of para-hydroxylation sites is 1. The lowest BCUT2D eigenvalue weighted by atomic mass is 10.1. The van der Waals surface area contributed by atoms with Crippen molar-refractivity contribution in [2.45, 2.75) is 32.2 Å². The van der Waals surface area contributed by atoms with Gasteiger partial charge in [-0.05, 0) is 55.3 Å². The molecule has 1 amide bonds. The summed E-state index contributed by atoms with van der Waals surface area (Å²) in [6.07, 6.45) is 0. The molecule has 0 aliphatic rings. The van der Waals surface area contributed by atoms with Gasteiger partial charge in [0.25, 0.3) is 5.91 Å². The number of hydrogen-bond acceptors (Lipinski definition) is 4. The van der Waals surface area contributed by atoms with Crippen LogP contribution in [0.15, 0.2) is 78.9 Å². The van der Waals surface area contributed by atoms with Crippen molar-refractivity contribution < 1.29 is 17.9 Å². The van der Waals surface area contributed by atoms with Gasteiger partial charge in [-0.1, -0.05) is 48.5 Å². The molecule has 0 radical (unpaired) electrons. The molecule has 31 heavy (non-hydrogen) atoms. The minimum absolute atomic E-state index is 0.141. The van der Waals surface area contributed by atoms with Crippen molar-refractivity contribution in [3.8, 4) is 11.5 Å². The minimum atomic E-state index is -3.46. The third-order valence-corrected chi connectivity index (χ3v) is 5.92. The summed E-state index contributed by atoms with van der Waals surface area (Å²) >= 11 is 0. The zero-order valence-electron chi connectivity index (χ0n) is 17.5. The van der Waals surface area contributed by atoms with Gasteiger partial charge in [0.05, 0.1) is 5.75 Å². The molecule has 7 heteroatoms. The van der Waals surface area contributed by atoms with E-state index in [0.717, 1.165) is 5.56 Å². The molecule has 6 nitrogen and oxygen atoms in total. The Morgan fingerprint density at radius 3 is 2.23 bits per heavy atom. The van der Waals surface area contributed by atoms with Crippen molar-refractivity contribution in [3.05, 3.63) is 95.6 Å². The number of sulfonamides is 1. The molecule has 3 aromatic rings. The molecule has 0 bridgehead atoms. The van der Waals surface area contributed by atoms with Crippen molar-refractivity contribution in [2.24, 2.45) is 0 Å². The van der Waals surface area contributed by atoms with Crippen LogP contribution >= 0.6 is 0 Å². The number of carbonyl (C=O) groups excluding carboxylic acids is 1. The van der Waals surface area contributed by atoms with E-state index >= 15 is 0 Å². The van der Waals surface area contributed by atoms with E-state index in [2.05, 4.69) is 10.0 Å². The van der Waals surface area contributed by atoms with Crippen LogP contribution in [-0.2, 0) is 22.3 Å². The van der Waals surface area contributed by atoms with Gasteiger partial charge in [-0.2, -0.15) is 0 Å². The van der Waals surface area contributed by atoms with Crippen molar-refractivity contribution in [1.82, 2.24) is 10.0 Å². The normalized spacial score (nSPS) is 11.3. The van der Waals surface area contributed by atoms with Crippen LogP contribution in [0.3, 0.4) is 0 Å². The van der Waals surface area contributed by atoms with Crippen molar-refractivity contribution in [2.75, 3.05) is 0 Å². The second-order valence-corrected chi connectivity index (χ2v) is 9.18. The van der Waals surface area contributed by atoms with E-state index in [0.29, 0.717) is 22.6 Å². The Morgan fingerprint density at radius 1 is 0.871 bits per heavy atom.